The Morgan fingerprint density at radius 1 is 1.17 bits per heavy atom. The third-order valence-electron chi connectivity index (χ3n) is 2.99. The lowest BCUT2D eigenvalue weighted by Gasteiger charge is -2.21. The molecule has 118 valence electrons. The van der Waals surface area contributed by atoms with Gasteiger partial charge in [0, 0.05) is 5.69 Å². The van der Waals surface area contributed by atoms with E-state index in [0.29, 0.717) is 11.3 Å². The van der Waals surface area contributed by atoms with Gasteiger partial charge in [0.05, 0.1) is 18.1 Å². The summed E-state index contributed by atoms with van der Waals surface area (Å²) < 4.78 is 5.75. The van der Waals surface area contributed by atoms with Gasteiger partial charge in [0.15, 0.2) is 0 Å². The molecule has 0 spiro atoms. The number of nitrogens with zero attached hydrogens (tertiary/aromatic N) is 1. The van der Waals surface area contributed by atoms with E-state index < -0.39 is 0 Å². The Bertz CT molecular complexity index is 722. The predicted molar refractivity (Wildman–Crippen MR) is 90.3 cm³/mol. The van der Waals surface area contributed by atoms with Crippen molar-refractivity contribution >= 4 is 11.6 Å². The van der Waals surface area contributed by atoms with Crippen molar-refractivity contribution in [1.82, 2.24) is 0 Å². The van der Waals surface area contributed by atoms with Gasteiger partial charge in [0.2, 0.25) is 5.91 Å². The number of hydrogen-bond donors (Lipinski definition) is 1. The van der Waals surface area contributed by atoms with Gasteiger partial charge in [-0.1, -0.05) is 18.2 Å². The minimum atomic E-state index is -0.245. The summed E-state index contributed by atoms with van der Waals surface area (Å²) in [5.74, 6) is 0.660. The van der Waals surface area contributed by atoms with Gasteiger partial charge in [-0.25, -0.2) is 0 Å². The van der Waals surface area contributed by atoms with Crippen molar-refractivity contribution in [2.75, 3.05) is 5.32 Å². The first-order valence-electron chi connectivity index (χ1n) is 7.44. The highest BCUT2D eigenvalue weighted by molar-refractivity contribution is 5.92. The number of amides is 1. The Kier molecular flexibility index (Phi) is 5.02. The average molecular weight is 308 g/mol. The summed E-state index contributed by atoms with van der Waals surface area (Å²) >= 11 is 0. The molecular formula is C19H20N2O2. The summed E-state index contributed by atoms with van der Waals surface area (Å²) in [7, 11) is 0. The van der Waals surface area contributed by atoms with Crippen LogP contribution in [0, 0.1) is 11.3 Å². The third kappa shape index (κ3) is 5.48. The lowest BCUT2D eigenvalue weighted by Crippen LogP contribution is -2.22. The van der Waals surface area contributed by atoms with Crippen molar-refractivity contribution in [3.8, 4) is 11.8 Å². The van der Waals surface area contributed by atoms with Crippen LogP contribution in [0.15, 0.2) is 48.5 Å². The van der Waals surface area contributed by atoms with Crippen molar-refractivity contribution in [2.24, 2.45) is 0 Å². The first-order valence-corrected chi connectivity index (χ1v) is 7.44. The summed E-state index contributed by atoms with van der Waals surface area (Å²) in [5.41, 5.74) is 1.80. The number of carbonyl (C=O) groups excluding carboxylic acids is 1. The van der Waals surface area contributed by atoms with Gasteiger partial charge in [0.25, 0.3) is 0 Å². The lowest BCUT2D eigenvalue weighted by atomic mass is 10.1. The molecule has 0 bridgehead atoms. The third-order valence-corrected chi connectivity index (χ3v) is 2.99. The summed E-state index contributed by atoms with van der Waals surface area (Å²) in [6.07, 6.45) is 0.270. The van der Waals surface area contributed by atoms with E-state index >= 15 is 0 Å². The van der Waals surface area contributed by atoms with Crippen molar-refractivity contribution in [1.29, 1.82) is 5.26 Å². The molecule has 0 aromatic heterocycles. The fourth-order valence-electron chi connectivity index (χ4n) is 2.09. The van der Waals surface area contributed by atoms with Crippen molar-refractivity contribution in [3.63, 3.8) is 0 Å². The Balaban J connectivity index is 1.96. The van der Waals surface area contributed by atoms with Crippen LogP contribution in [0.3, 0.4) is 0 Å². The molecule has 0 heterocycles. The monoisotopic (exact) mass is 308 g/mol. The van der Waals surface area contributed by atoms with E-state index in [2.05, 4.69) is 5.32 Å². The lowest BCUT2D eigenvalue weighted by molar-refractivity contribution is -0.115. The van der Waals surface area contributed by atoms with E-state index in [0.717, 1.165) is 11.3 Å². The van der Waals surface area contributed by atoms with Crippen LogP contribution in [0.25, 0.3) is 0 Å². The zero-order chi connectivity index (χ0) is 16.9. The molecule has 4 nitrogen and oxygen atoms in total. The smallest absolute Gasteiger partial charge is 0.228 e. The Morgan fingerprint density at radius 3 is 2.48 bits per heavy atom. The van der Waals surface area contributed by atoms with Gasteiger partial charge in [-0.2, -0.15) is 5.26 Å². The maximum absolute atomic E-state index is 12.1. The molecule has 1 amide bonds. The first kappa shape index (κ1) is 16.6. The van der Waals surface area contributed by atoms with Crippen LogP contribution in [-0.4, -0.2) is 11.5 Å². The number of carbonyl (C=O) groups is 1. The molecule has 0 aliphatic heterocycles. The second-order valence-corrected chi connectivity index (χ2v) is 6.28. The average Bonchev–Trinajstić information content (AvgIpc) is 2.48. The Labute approximate surface area is 136 Å². The van der Waals surface area contributed by atoms with E-state index in [1.54, 1.807) is 24.3 Å². The summed E-state index contributed by atoms with van der Waals surface area (Å²) in [6.45, 7) is 5.97. The molecule has 0 aliphatic rings. The highest BCUT2D eigenvalue weighted by Crippen LogP contribution is 2.19. The van der Waals surface area contributed by atoms with Crippen LogP contribution in [0.1, 0.15) is 31.9 Å². The van der Waals surface area contributed by atoms with Crippen LogP contribution in [0.2, 0.25) is 0 Å². The molecule has 2 aromatic carbocycles. The number of hydrogen-bond acceptors (Lipinski definition) is 3. The molecule has 0 aliphatic carbocycles. The standard InChI is InChI=1S/C19H20N2O2/c1-19(2,3)23-17-9-7-14(8-10-17)12-18(22)21-16-6-4-5-15(11-16)13-20/h4-11H,12H2,1-3H3,(H,21,22). The van der Waals surface area contributed by atoms with Gasteiger partial charge in [-0.3, -0.25) is 4.79 Å². The van der Waals surface area contributed by atoms with Crippen molar-refractivity contribution in [2.45, 2.75) is 32.8 Å². The summed E-state index contributed by atoms with van der Waals surface area (Å²) in [4.78, 5) is 12.1. The van der Waals surface area contributed by atoms with E-state index in [1.807, 2.05) is 51.1 Å². The molecule has 0 fully saturated rings. The number of benzene rings is 2. The van der Waals surface area contributed by atoms with E-state index in [9.17, 15) is 4.79 Å². The number of ether oxygens (including phenoxy) is 1. The predicted octanol–water partition coefficient (Wildman–Crippen LogP) is 3.92. The van der Waals surface area contributed by atoms with E-state index in [-0.39, 0.29) is 17.9 Å². The molecule has 4 heteroatoms. The normalized spacial score (nSPS) is 10.7. The zero-order valence-corrected chi connectivity index (χ0v) is 13.6. The van der Waals surface area contributed by atoms with Gasteiger partial charge in [0.1, 0.15) is 11.4 Å². The second-order valence-electron chi connectivity index (χ2n) is 6.28. The molecule has 23 heavy (non-hydrogen) atoms. The number of nitriles is 1. The molecule has 1 N–H and O–H groups in total. The van der Waals surface area contributed by atoms with E-state index in [1.165, 1.54) is 0 Å². The van der Waals surface area contributed by atoms with Crippen molar-refractivity contribution in [3.05, 3.63) is 59.7 Å². The van der Waals surface area contributed by atoms with Crippen LogP contribution < -0.4 is 10.1 Å². The van der Waals surface area contributed by atoms with Crippen molar-refractivity contribution < 1.29 is 9.53 Å². The van der Waals surface area contributed by atoms with Crippen LogP contribution in [-0.2, 0) is 11.2 Å². The number of anilines is 1. The molecule has 0 radical (unpaired) electrons. The van der Waals surface area contributed by atoms with Gasteiger partial charge >= 0.3 is 0 Å². The summed E-state index contributed by atoms with van der Waals surface area (Å²) in [5, 5.41) is 11.7. The molecule has 2 rings (SSSR count). The Morgan fingerprint density at radius 2 is 1.87 bits per heavy atom. The number of nitrogens with one attached hydrogen (secondary N) is 1. The fraction of sp³-hybridized carbons (Fsp3) is 0.263. The number of rotatable bonds is 4. The molecule has 0 atom stereocenters. The van der Waals surface area contributed by atoms with Crippen LogP contribution >= 0.6 is 0 Å². The quantitative estimate of drug-likeness (QED) is 0.931. The largest absolute Gasteiger partial charge is 0.488 e. The van der Waals surface area contributed by atoms with Crippen LogP contribution in [0.4, 0.5) is 5.69 Å². The SMILES string of the molecule is CC(C)(C)Oc1ccc(CC(=O)Nc2cccc(C#N)c2)cc1. The maximum Gasteiger partial charge on any atom is 0.228 e. The highest BCUT2D eigenvalue weighted by Gasteiger charge is 2.11. The highest BCUT2D eigenvalue weighted by atomic mass is 16.5. The Hall–Kier alpha value is -2.80. The minimum Gasteiger partial charge on any atom is -0.488 e. The zero-order valence-electron chi connectivity index (χ0n) is 13.6. The summed E-state index contributed by atoms with van der Waals surface area (Å²) in [6, 6.07) is 16.4. The molecule has 0 saturated carbocycles. The van der Waals surface area contributed by atoms with Crippen LogP contribution in [0.5, 0.6) is 5.75 Å². The molecular weight excluding hydrogens is 288 g/mol. The fourth-order valence-corrected chi connectivity index (χ4v) is 2.09. The molecule has 0 saturated heterocycles. The maximum atomic E-state index is 12.1. The second kappa shape index (κ2) is 6.97. The first-order chi connectivity index (χ1) is 10.9. The van der Waals surface area contributed by atoms with Gasteiger partial charge in [-0.05, 0) is 56.7 Å². The molecule has 0 unspecified atom stereocenters. The van der Waals surface area contributed by atoms with Gasteiger partial charge in [-0.15, -0.1) is 0 Å². The van der Waals surface area contributed by atoms with E-state index in [4.69, 9.17) is 10.00 Å². The van der Waals surface area contributed by atoms with Gasteiger partial charge < -0.3 is 10.1 Å². The molecule has 2 aromatic rings. The minimum absolute atomic E-state index is 0.121. The topological polar surface area (TPSA) is 62.1 Å².